The highest BCUT2D eigenvalue weighted by Gasteiger charge is 2.21. The smallest absolute Gasteiger partial charge is 0.186 e. The molecular weight excluding hydrogens is 254 g/mol. The first kappa shape index (κ1) is 12.6. The van der Waals surface area contributed by atoms with E-state index < -0.39 is 0 Å². The SMILES string of the molecule is CCNC(C)c1cnc(N2Cc3ccccc3C2)s1. The molecule has 1 N–H and O–H groups in total. The number of rotatable bonds is 4. The molecule has 2 aromatic rings. The lowest BCUT2D eigenvalue weighted by Gasteiger charge is -2.13. The summed E-state index contributed by atoms with van der Waals surface area (Å²) in [5.74, 6) is 0. The molecule has 1 aromatic heterocycles. The number of anilines is 1. The third-order valence-electron chi connectivity index (χ3n) is 3.56. The minimum atomic E-state index is 0.390. The maximum absolute atomic E-state index is 4.59. The fraction of sp³-hybridized carbons (Fsp3) is 0.400. The van der Waals surface area contributed by atoms with Gasteiger partial charge in [-0.25, -0.2) is 4.98 Å². The van der Waals surface area contributed by atoms with Gasteiger partial charge in [-0.1, -0.05) is 31.2 Å². The summed E-state index contributed by atoms with van der Waals surface area (Å²) in [6.45, 7) is 7.29. The zero-order valence-corrected chi connectivity index (χ0v) is 12.2. The number of hydrogen-bond acceptors (Lipinski definition) is 4. The van der Waals surface area contributed by atoms with Crippen molar-refractivity contribution in [2.45, 2.75) is 33.0 Å². The molecule has 0 amide bonds. The maximum Gasteiger partial charge on any atom is 0.186 e. The van der Waals surface area contributed by atoms with Gasteiger partial charge in [0.05, 0.1) is 0 Å². The largest absolute Gasteiger partial charge is 0.339 e. The van der Waals surface area contributed by atoms with Gasteiger partial charge in [0.1, 0.15) is 0 Å². The third-order valence-corrected chi connectivity index (χ3v) is 4.80. The number of fused-ring (bicyclic) bond motifs is 1. The van der Waals surface area contributed by atoms with E-state index in [4.69, 9.17) is 0 Å². The van der Waals surface area contributed by atoms with E-state index in [-0.39, 0.29) is 0 Å². The summed E-state index contributed by atoms with van der Waals surface area (Å²) in [6.07, 6.45) is 2.01. The fourth-order valence-corrected chi connectivity index (χ4v) is 3.44. The predicted octanol–water partition coefficient (Wildman–Crippen LogP) is 3.33. The molecule has 2 heterocycles. The van der Waals surface area contributed by atoms with Crippen molar-refractivity contribution < 1.29 is 0 Å². The quantitative estimate of drug-likeness (QED) is 0.926. The van der Waals surface area contributed by atoms with Gasteiger partial charge in [-0.05, 0) is 24.6 Å². The van der Waals surface area contributed by atoms with Gasteiger partial charge in [0.25, 0.3) is 0 Å². The van der Waals surface area contributed by atoms with Crippen LogP contribution < -0.4 is 10.2 Å². The molecule has 0 saturated heterocycles. The van der Waals surface area contributed by atoms with Gasteiger partial charge >= 0.3 is 0 Å². The number of nitrogens with zero attached hydrogens (tertiary/aromatic N) is 2. The summed E-state index contributed by atoms with van der Waals surface area (Å²) in [4.78, 5) is 8.26. The molecule has 0 aliphatic carbocycles. The molecule has 1 aromatic carbocycles. The van der Waals surface area contributed by atoms with E-state index in [1.807, 2.05) is 6.20 Å². The van der Waals surface area contributed by atoms with Crippen LogP contribution >= 0.6 is 11.3 Å². The molecule has 100 valence electrons. The first-order chi connectivity index (χ1) is 9.28. The Bertz CT molecular complexity index is 539. The summed E-state index contributed by atoms with van der Waals surface area (Å²) in [6, 6.07) is 9.04. The Kier molecular flexibility index (Phi) is 3.53. The molecule has 1 aliphatic heterocycles. The topological polar surface area (TPSA) is 28.2 Å². The third kappa shape index (κ3) is 2.51. The van der Waals surface area contributed by atoms with Crippen molar-refractivity contribution in [3.8, 4) is 0 Å². The summed E-state index contributed by atoms with van der Waals surface area (Å²) in [5.41, 5.74) is 2.86. The molecule has 1 aliphatic rings. The minimum Gasteiger partial charge on any atom is -0.339 e. The van der Waals surface area contributed by atoms with Crippen molar-refractivity contribution in [1.29, 1.82) is 0 Å². The van der Waals surface area contributed by atoms with Crippen molar-refractivity contribution in [3.63, 3.8) is 0 Å². The molecule has 3 nitrogen and oxygen atoms in total. The number of nitrogens with one attached hydrogen (secondary N) is 1. The predicted molar refractivity (Wildman–Crippen MR) is 80.5 cm³/mol. The number of thiazole rings is 1. The first-order valence-electron chi connectivity index (χ1n) is 6.78. The lowest BCUT2D eigenvalue weighted by Crippen LogP contribution is -2.16. The molecule has 1 atom stereocenters. The average molecular weight is 273 g/mol. The molecule has 4 heteroatoms. The van der Waals surface area contributed by atoms with Gasteiger partial charge in [0.2, 0.25) is 0 Å². The molecule has 0 fully saturated rings. The number of hydrogen-bond donors (Lipinski definition) is 1. The van der Waals surface area contributed by atoms with Crippen LogP contribution in [-0.2, 0) is 13.1 Å². The van der Waals surface area contributed by atoms with Crippen molar-refractivity contribution in [2.75, 3.05) is 11.4 Å². The monoisotopic (exact) mass is 273 g/mol. The summed E-state index contributed by atoms with van der Waals surface area (Å²) < 4.78 is 0. The number of benzene rings is 1. The van der Waals surface area contributed by atoms with Crippen LogP contribution in [0.15, 0.2) is 30.5 Å². The van der Waals surface area contributed by atoms with Crippen molar-refractivity contribution in [3.05, 3.63) is 46.5 Å². The second kappa shape index (κ2) is 5.31. The van der Waals surface area contributed by atoms with Gasteiger partial charge < -0.3 is 10.2 Å². The lowest BCUT2D eigenvalue weighted by molar-refractivity contribution is 0.606. The second-order valence-electron chi connectivity index (χ2n) is 4.95. The zero-order chi connectivity index (χ0) is 13.2. The van der Waals surface area contributed by atoms with Crippen LogP contribution in [0, 0.1) is 0 Å². The molecule has 0 spiro atoms. The Morgan fingerprint density at radius 3 is 2.63 bits per heavy atom. The highest BCUT2D eigenvalue weighted by atomic mass is 32.1. The van der Waals surface area contributed by atoms with Crippen LogP contribution in [0.5, 0.6) is 0 Å². The Morgan fingerprint density at radius 1 is 1.32 bits per heavy atom. The van der Waals surface area contributed by atoms with Gasteiger partial charge in [-0.15, -0.1) is 11.3 Å². The summed E-state index contributed by atoms with van der Waals surface area (Å²) in [5, 5.41) is 4.57. The molecule has 1 unspecified atom stereocenters. The average Bonchev–Trinajstić information content (AvgIpc) is 3.05. The second-order valence-corrected chi connectivity index (χ2v) is 5.99. The lowest BCUT2D eigenvalue weighted by atomic mass is 10.1. The van der Waals surface area contributed by atoms with Gasteiger partial charge in [-0.2, -0.15) is 0 Å². The Balaban J connectivity index is 1.75. The van der Waals surface area contributed by atoms with Crippen LogP contribution in [0.3, 0.4) is 0 Å². The summed E-state index contributed by atoms with van der Waals surface area (Å²) >= 11 is 1.80. The van der Waals surface area contributed by atoms with Crippen LogP contribution in [0.2, 0.25) is 0 Å². The van der Waals surface area contributed by atoms with E-state index in [2.05, 4.69) is 53.3 Å². The minimum absolute atomic E-state index is 0.390. The van der Waals surface area contributed by atoms with Crippen molar-refractivity contribution >= 4 is 16.5 Å². The summed E-state index contributed by atoms with van der Waals surface area (Å²) in [7, 11) is 0. The molecule has 0 radical (unpaired) electrons. The van der Waals surface area contributed by atoms with Gasteiger partial charge in [-0.3, -0.25) is 0 Å². The van der Waals surface area contributed by atoms with E-state index >= 15 is 0 Å². The highest BCUT2D eigenvalue weighted by Crippen LogP contribution is 2.32. The van der Waals surface area contributed by atoms with E-state index in [1.165, 1.54) is 16.0 Å². The maximum atomic E-state index is 4.59. The van der Waals surface area contributed by atoms with Crippen molar-refractivity contribution in [1.82, 2.24) is 10.3 Å². The van der Waals surface area contributed by atoms with Gasteiger partial charge in [0.15, 0.2) is 5.13 Å². The standard InChI is InChI=1S/C15H19N3S/c1-3-16-11(2)14-8-17-15(19-14)18-9-12-6-4-5-7-13(12)10-18/h4-8,11,16H,3,9-10H2,1-2H3. The van der Waals surface area contributed by atoms with Crippen LogP contribution in [0.4, 0.5) is 5.13 Å². The van der Waals surface area contributed by atoms with Gasteiger partial charge in [0, 0.05) is 30.2 Å². The molecule has 19 heavy (non-hydrogen) atoms. The molecule has 3 rings (SSSR count). The molecule has 0 bridgehead atoms. The number of aromatic nitrogens is 1. The van der Waals surface area contributed by atoms with Crippen molar-refractivity contribution in [2.24, 2.45) is 0 Å². The Hall–Kier alpha value is -1.39. The normalized spacial score (nSPS) is 15.6. The highest BCUT2D eigenvalue weighted by molar-refractivity contribution is 7.15. The fourth-order valence-electron chi connectivity index (χ4n) is 2.50. The molecule has 0 saturated carbocycles. The van der Waals surface area contributed by atoms with Crippen LogP contribution in [0.25, 0.3) is 0 Å². The zero-order valence-electron chi connectivity index (χ0n) is 11.4. The molecular formula is C15H19N3S. The van der Waals surface area contributed by atoms with Crippen LogP contribution in [0.1, 0.15) is 35.9 Å². The Morgan fingerprint density at radius 2 is 2.00 bits per heavy atom. The van der Waals surface area contributed by atoms with E-state index in [1.54, 1.807) is 11.3 Å². The first-order valence-corrected chi connectivity index (χ1v) is 7.60. The van der Waals surface area contributed by atoms with Crippen LogP contribution in [-0.4, -0.2) is 11.5 Å². The van der Waals surface area contributed by atoms with E-state index in [9.17, 15) is 0 Å². The van der Waals surface area contributed by atoms with E-state index in [0.29, 0.717) is 6.04 Å². The van der Waals surface area contributed by atoms with E-state index in [0.717, 1.165) is 24.8 Å². The Labute approximate surface area is 118 Å².